The van der Waals surface area contributed by atoms with Crippen LogP contribution in [0.5, 0.6) is 17.4 Å². The van der Waals surface area contributed by atoms with Gasteiger partial charge in [-0.3, -0.25) is 0 Å². The van der Waals surface area contributed by atoms with E-state index in [-0.39, 0.29) is 40.5 Å². The first-order chi connectivity index (χ1) is 20.6. The van der Waals surface area contributed by atoms with Gasteiger partial charge >= 0.3 is 0 Å². The van der Waals surface area contributed by atoms with Crippen LogP contribution in [0.4, 0.5) is 13.2 Å². The van der Waals surface area contributed by atoms with Crippen molar-refractivity contribution in [3.63, 3.8) is 0 Å². The Hall–Kier alpha value is -4.85. The van der Waals surface area contributed by atoms with E-state index in [0.29, 0.717) is 29.1 Å². The molecule has 0 amide bonds. The Labute approximate surface area is 246 Å². The van der Waals surface area contributed by atoms with Gasteiger partial charge < -0.3 is 14.6 Å². The van der Waals surface area contributed by atoms with Gasteiger partial charge in [0.2, 0.25) is 11.8 Å². The lowest BCUT2D eigenvalue weighted by Gasteiger charge is -2.37. The topological polar surface area (TPSA) is 63.9 Å². The third-order valence-electron chi connectivity index (χ3n) is 8.15. The maximum atomic E-state index is 15.0. The van der Waals surface area contributed by atoms with Crippen molar-refractivity contribution in [2.24, 2.45) is 4.99 Å². The Balaban J connectivity index is 1.34. The number of ether oxygens (including phenoxy) is 2. The number of benzene rings is 4. The Morgan fingerprint density at radius 2 is 1.65 bits per heavy atom. The number of phenols is 1. The minimum atomic E-state index is -1.05. The van der Waals surface area contributed by atoms with Crippen LogP contribution in [0.1, 0.15) is 48.6 Å². The molecule has 0 bridgehead atoms. The van der Waals surface area contributed by atoms with Gasteiger partial charge in [-0.15, -0.1) is 0 Å². The van der Waals surface area contributed by atoms with E-state index in [1.54, 1.807) is 30.3 Å². The first-order valence-corrected chi connectivity index (χ1v) is 14.0. The summed E-state index contributed by atoms with van der Waals surface area (Å²) < 4.78 is 56.3. The number of fused-ring (bicyclic) bond motifs is 4. The molecule has 43 heavy (non-hydrogen) atoms. The predicted molar refractivity (Wildman–Crippen MR) is 158 cm³/mol. The van der Waals surface area contributed by atoms with Gasteiger partial charge in [0.1, 0.15) is 46.6 Å². The standard InChI is InChI=1S/C35H27F3N2O3/c1-18-10-19-8-9-30(39-32(19)28(41)11-18)42-23-13-20(31-26(37)15-22(36)16-27(31)38)12-21(14-23)34-40-33-24-6-4-5-7-25(24)35(2,3)17-29(33)43-34/h4-16,29,33,41H,17H2,1-3H3/t29-,33+/m1/s1. The average Bonchev–Trinajstić information content (AvgIpc) is 3.36. The summed E-state index contributed by atoms with van der Waals surface area (Å²) in [6, 6.07) is 20.8. The SMILES string of the molecule is Cc1cc(O)c2nc(Oc3cc(C4=N[C@H]5c6ccccc6C(C)(C)C[C@H]5O4)cc(-c4c(F)cc(F)cc4F)c3)ccc2c1. The fourth-order valence-corrected chi connectivity index (χ4v) is 6.26. The van der Waals surface area contributed by atoms with Crippen LogP contribution in [0.3, 0.4) is 0 Å². The number of hydrogen-bond donors (Lipinski definition) is 1. The van der Waals surface area contributed by atoms with Gasteiger partial charge in [-0.2, -0.15) is 0 Å². The number of rotatable bonds is 4. The Bertz CT molecular complexity index is 1950. The molecule has 0 spiro atoms. The van der Waals surface area contributed by atoms with Crippen molar-refractivity contribution in [1.29, 1.82) is 0 Å². The van der Waals surface area contributed by atoms with Crippen LogP contribution in [-0.4, -0.2) is 22.1 Å². The van der Waals surface area contributed by atoms with Gasteiger partial charge in [-0.05, 0) is 77.4 Å². The molecule has 2 heterocycles. The number of aromatic nitrogens is 1. The second kappa shape index (κ2) is 9.87. The van der Waals surface area contributed by atoms with Crippen LogP contribution in [0.25, 0.3) is 22.0 Å². The van der Waals surface area contributed by atoms with E-state index in [2.05, 4.69) is 31.0 Å². The van der Waals surface area contributed by atoms with E-state index in [0.717, 1.165) is 22.9 Å². The number of halogens is 3. The smallest absolute Gasteiger partial charge is 0.219 e. The highest BCUT2D eigenvalue weighted by atomic mass is 19.1. The molecular weight excluding hydrogens is 553 g/mol. The minimum Gasteiger partial charge on any atom is -0.506 e. The van der Waals surface area contributed by atoms with Crippen molar-refractivity contribution < 1.29 is 27.8 Å². The molecule has 0 unspecified atom stereocenters. The van der Waals surface area contributed by atoms with Crippen LogP contribution in [0, 0.1) is 24.4 Å². The van der Waals surface area contributed by atoms with Gasteiger partial charge in [0.15, 0.2) is 0 Å². The molecule has 1 aliphatic heterocycles. The molecular formula is C35H27F3N2O3. The van der Waals surface area contributed by atoms with Crippen LogP contribution >= 0.6 is 0 Å². The molecule has 4 aromatic carbocycles. The van der Waals surface area contributed by atoms with Gasteiger partial charge in [0, 0.05) is 29.1 Å². The predicted octanol–water partition coefficient (Wildman–Crippen LogP) is 8.69. The molecule has 5 aromatic rings. The molecule has 2 aliphatic rings. The summed E-state index contributed by atoms with van der Waals surface area (Å²) in [5, 5.41) is 11.2. The first-order valence-electron chi connectivity index (χ1n) is 14.0. The number of aliphatic imine (C=N–C) groups is 1. The molecule has 0 saturated carbocycles. The fourth-order valence-electron chi connectivity index (χ4n) is 6.26. The third kappa shape index (κ3) is 4.76. The molecule has 1 N–H and O–H groups in total. The quantitative estimate of drug-likeness (QED) is 0.231. The highest BCUT2D eigenvalue weighted by Gasteiger charge is 2.44. The van der Waals surface area contributed by atoms with Crippen LogP contribution < -0.4 is 4.74 Å². The average molecular weight is 581 g/mol. The fraction of sp³-hybridized carbons (Fsp3) is 0.200. The molecule has 0 fully saturated rings. The zero-order valence-electron chi connectivity index (χ0n) is 23.7. The van der Waals surface area contributed by atoms with Crippen molar-refractivity contribution in [3.05, 3.63) is 119 Å². The molecule has 0 saturated heterocycles. The van der Waals surface area contributed by atoms with Crippen molar-refractivity contribution in [2.45, 2.75) is 44.8 Å². The first kappa shape index (κ1) is 27.0. The molecule has 5 nitrogen and oxygen atoms in total. The number of nitrogens with zero attached hydrogens (tertiary/aromatic N) is 2. The molecule has 216 valence electrons. The van der Waals surface area contributed by atoms with Gasteiger partial charge in [0.25, 0.3) is 0 Å². The lowest BCUT2D eigenvalue weighted by Crippen LogP contribution is -2.35. The van der Waals surface area contributed by atoms with Crippen molar-refractivity contribution in [3.8, 4) is 28.5 Å². The van der Waals surface area contributed by atoms with E-state index < -0.39 is 23.0 Å². The van der Waals surface area contributed by atoms with E-state index >= 15 is 0 Å². The Morgan fingerprint density at radius 1 is 0.907 bits per heavy atom. The highest BCUT2D eigenvalue weighted by Crippen LogP contribution is 2.47. The molecule has 2 atom stereocenters. The number of aromatic hydroxyl groups is 1. The zero-order chi connectivity index (χ0) is 30.0. The van der Waals surface area contributed by atoms with Crippen LogP contribution in [0.15, 0.2) is 83.9 Å². The van der Waals surface area contributed by atoms with E-state index in [1.165, 1.54) is 11.6 Å². The number of phenolic OH excluding ortho intramolecular Hbond substituents is 1. The molecule has 0 radical (unpaired) electrons. The highest BCUT2D eigenvalue weighted by molar-refractivity contribution is 5.97. The lowest BCUT2D eigenvalue weighted by atomic mass is 9.70. The maximum absolute atomic E-state index is 15.0. The summed E-state index contributed by atoms with van der Waals surface area (Å²) in [7, 11) is 0. The largest absolute Gasteiger partial charge is 0.506 e. The minimum absolute atomic E-state index is 0.00451. The second-order valence-electron chi connectivity index (χ2n) is 11.8. The van der Waals surface area contributed by atoms with E-state index in [9.17, 15) is 18.3 Å². The molecule has 7 rings (SSSR count). The normalized spacial score (nSPS) is 18.5. The zero-order valence-corrected chi connectivity index (χ0v) is 23.7. The molecule has 8 heteroatoms. The van der Waals surface area contributed by atoms with Crippen LogP contribution in [-0.2, 0) is 10.2 Å². The number of hydrogen-bond acceptors (Lipinski definition) is 5. The second-order valence-corrected chi connectivity index (χ2v) is 11.8. The number of pyridine rings is 1. The van der Waals surface area contributed by atoms with Gasteiger partial charge in [-0.1, -0.05) is 38.1 Å². The summed E-state index contributed by atoms with van der Waals surface area (Å²) in [5.74, 6) is -2.44. The van der Waals surface area contributed by atoms with E-state index in [1.807, 2.05) is 25.1 Å². The summed E-state index contributed by atoms with van der Waals surface area (Å²) in [5.41, 5.74) is 3.54. The summed E-state index contributed by atoms with van der Waals surface area (Å²) >= 11 is 0. The van der Waals surface area contributed by atoms with Crippen molar-refractivity contribution in [2.75, 3.05) is 0 Å². The molecule has 1 aromatic heterocycles. The van der Waals surface area contributed by atoms with Gasteiger partial charge in [-0.25, -0.2) is 23.1 Å². The van der Waals surface area contributed by atoms with E-state index in [4.69, 9.17) is 14.5 Å². The summed E-state index contributed by atoms with van der Waals surface area (Å²) in [6.07, 6.45) is 0.511. The lowest BCUT2D eigenvalue weighted by molar-refractivity contribution is 0.141. The van der Waals surface area contributed by atoms with Crippen LogP contribution in [0.2, 0.25) is 0 Å². The maximum Gasteiger partial charge on any atom is 0.219 e. The third-order valence-corrected chi connectivity index (χ3v) is 8.15. The Kier molecular flexibility index (Phi) is 6.20. The van der Waals surface area contributed by atoms with Gasteiger partial charge in [0.05, 0.1) is 5.56 Å². The Morgan fingerprint density at radius 3 is 2.44 bits per heavy atom. The molecule has 1 aliphatic carbocycles. The monoisotopic (exact) mass is 580 g/mol. The van der Waals surface area contributed by atoms with Crippen molar-refractivity contribution >= 4 is 16.8 Å². The van der Waals surface area contributed by atoms with Crippen molar-refractivity contribution in [1.82, 2.24) is 4.98 Å². The summed E-state index contributed by atoms with van der Waals surface area (Å²) in [4.78, 5) is 9.39. The summed E-state index contributed by atoms with van der Waals surface area (Å²) in [6.45, 7) is 6.21. The number of aryl methyl sites for hydroxylation is 1.